The van der Waals surface area contributed by atoms with Crippen LogP contribution in [0.4, 0.5) is 0 Å². The second-order valence-corrected chi connectivity index (χ2v) is 10.4. The first-order valence-electron chi connectivity index (χ1n) is 6.17. The highest BCUT2D eigenvalue weighted by Crippen LogP contribution is 2.36. The van der Waals surface area contributed by atoms with Crippen molar-refractivity contribution in [3.05, 3.63) is 19.8 Å². The Kier molecular flexibility index (Phi) is 7.05. The van der Waals surface area contributed by atoms with Gasteiger partial charge in [-0.2, -0.15) is 0 Å². The number of esters is 1. The minimum absolute atomic E-state index is 0.128. The molecule has 1 saturated carbocycles. The molecule has 1 aliphatic rings. The Morgan fingerprint density at radius 2 is 1.50 bits per heavy atom. The number of hydrogen-bond donors (Lipinski definition) is 0. The van der Waals surface area contributed by atoms with Gasteiger partial charge in [0.2, 0.25) is 0 Å². The number of carbonyl (C=O) groups excluding carboxylic acids is 1. The molecule has 5 nitrogen and oxygen atoms in total. The van der Waals surface area contributed by atoms with Gasteiger partial charge in [-0.25, -0.2) is 13.2 Å². The van der Waals surface area contributed by atoms with Crippen molar-refractivity contribution < 1.29 is 22.5 Å². The maximum Gasteiger partial charge on any atom is 0.340 e. The van der Waals surface area contributed by atoms with Crippen molar-refractivity contribution in [3.63, 3.8) is 0 Å². The van der Waals surface area contributed by atoms with Crippen molar-refractivity contribution in [2.24, 2.45) is 0 Å². The average molecular weight is 773 g/mol. The zero-order valence-corrected chi connectivity index (χ0v) is 20.3. The third-order valence-electron chi connectivity index (χ3n) is 3.25. The molecule has 1 aromatic carbocycles. The molecular formula is C12H9I4O5S-. The molecule has 0 saturated heterocycles. The summed E-state index contributed by atoms with van der Waals surface area (Å²) in [5, 5.41) is 0. The van der Waals surface area contributed by atoms with Crippen molar-refractivity contribution in [3.8, 4) is 0 Å². The van der Waals surface area contributed by atoms with E-state index in [4.69, 9.17) is 4.74 Å². The fourth-order valence-electron chi connectivity index (χ4n) is 2.25. The quantitative estimate of drug-likeness (QED) is 0.152. The van der Waals surface area contributed by atoms with E-state index < -0.39 is 21.0 Å². The van der Waals surface area contributed by atoms with E-state index in [0.717, 1.165) is 29.3 Å². The molecule has 122 valence electrons. The van der Waals surface area contributed by atoms with Crippen LogP contribution in [0.25, 0.3) is 0 Å². The molecule has 0 spiro atoms. The fourth-order valence-corrected chi connectivity index (χ4v) is 7.59. The van der Waals surface area contributed by atoms with E-state index in [9.17, 15) is 17.8 Å². The zero-order valence-electron chi connectivity index (χ0n) is 10.9. The van der Waals surface area contributed by atoms with Crippen molar-refractivity contribution in [1.82, 2.24) is 0 Å². The molecule has 10 heteroatoms. The Labute approximate surface area is 183 Å². The molecular weight excluding hydrogens is 764 g/mol. The summed E-state index contributed by atoms with van der Waals surface area (Å²) < 4.78 is 42.5. The first-order chi connectivity index (χ1) is 10.1. The number of ether oxygens (including phenoxy) is 1. The Morgan fingerprint density at radius 3 is 2.00 bits per heavy atom. The predicted octanol–water partition coefficient (Wildman–Crippen LogP) is 4.11. The SMILES string of the molecule is O=C(OC1CCCC1)c1c(I)c(I)c(I)c(I)c1S(=O)(=O)[O-]. The van der Waals surface area contributed by atoms with Gasteiger partial charge in [-0.1, -0.05) is 0 Å². The summed E-state index contributed by atoms with van der Waals surface area (Å²) >= 11 is 7.70. The third kappa shape index (κ3) is 4.19. The minimum Gasteiger partial charge on any atom is -0.744 e. The average Bonchev–Trinajstić information content (AvgIpc) is 2.91. The van der Waals surface area contributed by atoms with Crippen LogP contribution in [0.15, 0.2) is 4.90 Å². The summed E-state index contributed by atoms with van der Waals surface area (Å²) in [5.74, 6) is -0.724. The molecule has 0 aliphatic heterocycles. The number of carbonyl (C=O) groups is 1. The van der Waals surface area contributed by atoms with Crippen LogP contribution >= 0.6 is 90.4 Å². The molecule has 0 bridgehead atoms. The summed E-state index contributed by atoms with van der Waals surface area (Å²) in [6.45, 7) is 0. The lowest BCUT2D eigenvalue weighted by Crippen LogP contribution is -2.21. The maximum atomic E-state index is 12.5. The molecule has 22 heavy (non-hydrogen) atoms. The summed E-state index contributed by atoms with van der Waals surface area (Å²) in [5.41, 5.74) is -0.128. The van der Waals surface area contributed by atoms with Crippen molar-refractivity contribution in [2.45, 2.75) is 36.7 Å². The van der Waals surface area contributed by atoms with Gasteiger partial charge in [-0.15, -0.1) is 0 Å². The summed E-state index contributed by atoms with van der Waals surface area (Å²) in [6, 6.07) is 0. The van der Waals surface area contributed by atoms with Crippen LogP contribution in [0.5, 0.6) is 0 Å². The van der Waals surface area contributed by atoms with Gasteiger partial charge < -0.3 is 9.29 Å². The molecule has 2 rings (SSSR count). The van der Waals surface area contributed by atoms with E-state index in [0.29, 0.717) is 7.14 Å². The first-order valence-corrected chi connectivity index (χ1v) is 11.9. The van der Waals surface area contributed by atoms with Crippen LogP contribution in [0, 0.1) is 14.3 Å². The number of hydrogen-bond acceptors (Lipinski definition) is 5. The van der Waals surface area contributed by atoms with Crippen LogP contribution in [-0.4, -0.2) is 25.0 Å². The molecule has 0 N–H and O–H groups in total. The first kappa shape index (κ1) is 19.8. The largest absolute Gasteiger partial charge is 0.744 e. The fraction of sp³-hybridized carbons (Fsp3) is 0.417. The minimum atomic E-state index is -4.78. The van der Waals surface area contributed by atoms with Crippen molar-refractivity contribution in [2.75, 3.05) is 0 Å². The standard InChI is InChI=1S/C12H10I4O5S/c13-7-6(12(17)21-5-3-1-2-4-5)11(22(18,19)20)10(16)9(15)8(7)14/h5H,1-4H2,(H,18,19,20)/p-1. The van der Waals surface area contributed by atoms with Gasteiger partial charge in [0.05, 0.1) is 10.5 Å². The lowest BCUT2D eigenvalue weighted by atomic mass is 10.2. The van der Waals surface area contributed by atoms with Crippen LogP contribution in [0.3, 0.4) is 0 Å². The monoisotopic (exact) mass is 773 g/mol. The molecule has 0 radical (unpaired) electrons. The van der Waals surface area contributed by atoms with Crippen LogP contribution < -0.4 is 0 Å². The lowest BCUT2D eigenvalue weighted by Gasteiger charge is -2.20. The van der Waals surface area contributed by atoms with Gasteiger partial charge in [0.1, 0.15) is 16.2 Å². The molecule has 1 fully saturated rings. The van der Waals surface area contributed by atoms with Crippen LogP contribution in [0.1, 0.15) is 36.0 Å². The summed E-state index contributed by atoms with van der Waals surface area (Å²) in [7, 11) is -4.78. The normalized spacial score (nSPS) is 16.0. The van der Waals surface area contributed by atoms with E-state index in [1.165, 1.54) is 0 Å². The van der Waals surface area contributed by atoms with Crippen molar-refractivity contribution in [1.29, 1.82) is 0 Å². The lowest BCUT2D eigenvalue weighted by molar-refractivity contribution is 0.0311. The highest BCUT2D eigenvalue weighted by atomic mass is 127. The maximum absolute atomic E-state index is 12.5. The van der Waals surface area contributed by atoms with Crippen molar-refractivity contribution >= 4 is 106 Å². The molecule has 1 aliphatic carbocycles. The van der Waals surface area contributed by atoms with Gasteiger partial charge in [-0.3, -0.25) is 0 Å². The number of rotatable bonds is 3. The van der Waals surface area contributed by atoms with E-state index in [-0.39, 0.29) is 15.2 Å². The Balaban J connectivity index is 2.60. The molecule has 0 unspecified atom stereocenters. The smallest absolute Gasteiger partial charge is 0.340 e. The van der Waals surface area contributed by atoms with Gasteiger partial charge in [0, 0.05) is 14.3 Å². The summed E-state index contributed by atoms with van der Waals surface area (Å²) in [6.07, 6.45) is 3.34. The van der Waals surface area contributed by atoms with Gasteiger partial charge in [0.15, 0.2) is 0 Å². The second kappa shape index (κ2) is 7.82. The highest BCUT2D eigenvalue weighted by Gasteiger charge is 2.30. The summed E-state index contributed by atoms with van der Waals surface area (Å²) in [4.78, 5) is 12.0. The van der Waals surface area contributed by atoms with E-state index in [2.05, 4.69) is 0 Å². The van der Waals surface area contributed by atoms with Gasteiger partial charge in [0.25, 0.3) is 0 Å². The van der Waals surface area contributed by atoms with E-state index >= 15 is 0 Å². The predicted molar refractivity (Wildman–Crippen MR) is 113 cm³/mol. The number of benzene rings is 1. The molecule has 0 aromatic heterocycles. The zero-order chi connectivity index (χ0) is 16.7. The third-order valence-corrected chi connectivity index (χ3v) is 11.9. The molecule has 0 atom stereocenters. The van der Waals surface area contributed by atoms with E-state index in [1.807, 2.05) is 67.8 Å². The highest BCUT2D eigenvalue weighted by molar-refractivity contribution is 14.1. The Morgan fingerprint density at radius 1 is 1.00 bits per heavy atom. The molecule has 0 amide bonds. The van der Waals surface area contributed by atoms with Crippen LogP contribution in [-0.2, 0) is 14.9 Å². The Bertz CT molecular complexity index is 726. The Hall–Kier alpha value is 1.52. The molecule has 1 aromatic rings. The van der Waals surface area contributed by atoms with Gasteiger partial charge >= 0.3 is 5.97 Å². The topological polar surface area (TPSA) is 83.5 Å². The number of halogens is 4. The molecule has 0 heterocycles. The van der Waals surface area contributed by atoms with E-state index in [1.54, 1.807) is 22.6 Å². The van der Waals surface area contributed by atoms with Gasteiger partial charge in [-0.05, 0) is 116 Å². The second-order valence-electron chi connectivity index (χ2n) is 4.73. The van der Waals surface area contributed by atoms with Crippen LogP contribution in [0.2, 0.25) is 0 Å².